The Balaban J connectivity index is 1.21. The second kappa shape index (κ2) is 11.6. The number of amides is 2. The van der Waals surface area contributed by atoms with Crippen molar-refractivity contribution in [2.75, 3.05) is 55.7 Å². The van der Waals surface area contributed by atoms with Crippen LogP contribution in [0.4, 0.5) is 35.0 Å². The molecule has 9 heteroatoms. The molecular formula is C30H42F3N5O. The van der Waals surface area contributed by atoms with Crippen molar-refractivity contribution in [1.29, 1.82) is 0 Å². The van der Waals surface area contributed by atoms with Crippen LogP contribution in [0.5, 0.6) is 0 Å². The Bertz CT molecular complexity index is 1110. The standard InChI is InChI=1S/C30H42F3N5O/c1-29(2,3)22-7-12-25(13-8-22)37-15-17-38(18-16-37)28(39)36(4)20-21-5-9-23(10-6-21)35-24-11-14-27(34)26(19-24)30(31,32)33/h7-8,11-14,19,21,23,35H,5-6,9-10,15-18,20,34H2,1-4H3. The lowest BCUT2D eigenvalue weighted by Crippen LogP contribution is -2.52. The van der Waals surface area contributed by atoms with Crippen LogP contribution in [-0.2, 0) is 11.6 Å². The molecule has 1 saturated heterocycles. The summed E-state index contributed by atoms with van der Waals surface area (Å²) in [5.41, 5.74) is 7.53. The lowest BCUT2D eigenvalue weighted by atomic mass is 9.85. The quantitative estimate of drug-likeness (QED) is 0.425. The van der Waals surface area contributed by atoms with Gasteiger partial charge in [-0.25, -0.2) is 4.79 Å². The number of nitrogens with zero attached hydrogens (tertiary/aromatic N) is 3. The molecule has 1 heterocycles. The monoisotopic (exact) mass is 545 g/mol. The molecule has 0 aromatic heterocycles. The van der Waals surface area contributed by atoms with E-state index < -0.39 is 11.7 Å². The molecule has 0 atom stereocenters. The highest BCUT2D eigenvalue weighted by atomic mass is 19.4. The summed E-state index contributed by atoms with van der Waals surface area (Å²) in [5, 5.41) is 3.25. The number of nitrogens with one attached hydrogen (secondary N) is 1. The normalized spacial score (nSPS) is 20.6. The Hall–Kier alpha value is -3.10. The number of rotatable bonds is 5. The molecule has 2 aromatic carbocycles. The highest BCUT2D eigenvalue weighted by Gasteiger charge is 2.33. The Morgan fingerprint density at radius 2 is 1.59 bits per heavy atom. The fourth-order valence-corrected chi connectivity index (χ4v) is 5.65. The van der Waals surface area contributed by atoms with E-state index in [-0.39, 0.29) is 23.2 Å². The molecule has 3 N–H and O–H groups in total. The minimum Gasteiger partial charge on any atom is -0.398 e. The SMILES string of the molecule is CN(CC1CCC(Nc2ccc(N)c(C(F)(F)F)c2)CC1)C(=O)N1CCN(c2ccc(C(C)(C)C)cc2)CC1. The minimum absolute atomic E-state index is 0.0690. The van der Waals surface area contributed by atoms with Crippen LogP contribution in [0.1, 0.15) is 57.6 Å². The third-order valence-electron chi connectivity index (χ3n) is 8.08. The van der Waals surface area contributed by atoms with Gasteiger partial charge >= 0.3 is 12.2 Å². The smallest absolute Gasteiger partial charge is 0.398 e. The van der Waals surface area contributed by atoms with Gasteiger partial charge in [0, 0.05) is 62.9 Å². The van der Waals surface area contributed by atoms with Crippen LogP contribution in [0.25, 0.3) is 0 Å². The molecule has 6 nitrogen and oxygen atoms in total. The van der Waals surface area contributed by atoms with Gasteiger partial charge in [-0.15, -0.1) is 0 Å². The van der Waals surface area contributed by atoms with Crippen LogP contribution in [0, 0.1) is 5.92 Å². The third-order valence-corrected chi connectivity index (χ3v) is 8.08. The molecule has 214 valence electrons. The van der Waals surface area contributed by atoms with Crippen molar-refractivity contribution in [3.05, 3.63) is 53.6 Å². The second-order valence-corrected chi connectivity index (χ2v) is 12.1. The first-order chi connectivity index (χ1) is 18.3. The van der Waals surface area contributed by atoms with Gasteiger partial charge in [-0.2, -0.15) is 13.2 Å². The molecule has 1 aliphatic carbocycles. The van der Waals surface area contributed by atoms with E-state index in [1.165, 1.54) is 17.3 Å². The number of halogens is 3. The van der Waals surface area contributed by atoms with Crippen molar-refractivity contribution in [2.45, 2.75) is 64.1 Å². The van der Waals surface area contributed by atoms with Gasteiger partial charge in [0.1, 0.15) is 0 Å². The Kier molecular flexibility index (Phi) is 8.57. The zero-order chi connectivity index (χ0) is 28.4. The Labute approximate surface area is 230 Å². The summed E-state index contributed by atoms with van der Waals surface area (Å²) in [6, 6.07) is 12.9. The second-order valence-electron chi connectivity index (χ2n) is 12.1. The number of nitrogen functional groups attached to an aromatic ring is 1. The average molecular weight is 546 g/mol. The largest absolute Gasteiger partial charge is 0.418 e. The highest BCUT2D eigenvalue weighted by Crippen LogP contribution is 2.36. The number of hydrogen-bond donors (Lipinski definition) is 2. The van der Waals surface area contributed by atoms with E-state index in [4.69, 9.17) is 5.73 Å². The van der Waals surface area contributed by atoms with E-state index in [0.717, 1.165) is 44.8 Å². The average Bonchev–Trinajstić information content (AvgIpc) is 2.89. The van der Waals surface area contributed by atoms with Gasteiger partial charge < -0.3 is 25.8 Å². The van der Waals surface area contributed by atoms with E-state index in [0.29, 0.717) is 31.2 Å². The molecule has 1 saturated carbocycles. The molecule has 0 unspecified atom stereocenters. The number of alkyl halides is 3. The Morgan fingerprint density at radius 1 is 0.974 bits per heavy atom. The van der Waals surface area contributed by atoms with E-state index in [9.17, 15) is 18.0 Å². The molecule has 0 spiro atoms. The Morgan fingerprint density at radius 3 is 2.15 bits per heavy atom. The lowest BCUT2D eigenvalue weighted by Gasteiger charge is -2.39. The zero-order valence-corrected chi connectivity index (χ0v) is 23.5. The summed E-state index contributed by atoms with van der Waals surface area (Å²) in [4.78, 5) is 19.2. The molecule has 2 fully saturated rings. The fraction of sp³-hybridized carbons (Fsp3) is 0.567. The first-order valence-electron chi connectivity index (χ1n) is 13.9. The summed E-state index contributed by atoms with van der Waals surface area (Å²) in [6.07, 6.45) is -0.916. The highest BCUT2D eigenvalue weighted by molar-refractivity contribution is 5.74. The van der Waals surface area contributed by atoms with Crippen molar-refractivity contribution in [2.24, 2.45) is 5.92 Å². The van der Waals surface area contributed by atoms with Crippen LogP contribution in [0.3, 0.4) is 0 Å². The van der Waals surface area contributed by atoms with E-state index in [1.54, 1.807) is 6.07 Å². The van der Waals surface area contributed by atoms with Crippen molar-refractivity contribution >= 4 is 23.1 Å². The van der Waals surface area contributed by atoms with Crippen LogP contribution in [0.2, 0.25) is 0 Å². The van der Waals surface area contributed by atoms with Crippen molar-refractivity contribution in [1.82, 2.24) is 9.80 Å². The topological polar surface area (TPSA) is 64.8 Å². The number of carbonyl (C=O) groups is 1. The van der Waals surface area contributed by atoms with Crippen LogP contribution >= 0.6 is 0 Å². The molecule has 4 rings (SSSR count). The number of anilines is 3. The summed E-state index contributed by atoms with van der Waals surface area (Å²) >= 11 is 0. The van der Waals surface area contributed by atoms with Crippen molar-refractivity contribution < 1.29 is 18.0 Å². The van der Waals surface area contributed by atoms with Crippen LogP contribution in [-0.4, -0.2) is 61.6 Å². The first kappa shape index (κ1) is 28.9. The predicted octanol–water partition coefficient (Wildman–Crippen LogP) is 6.43. The van der Waals surface area contributed by atoms with Gasteiger partial charge in [0.25, 0.3) is 0 Å². The molecule has 2 aromatic rings. The van der Waals surface area contributed by atoms with Gasteiger partial charge in [-0.3, -0.25) is 0 Å². The first-order valence-corrected chi connectivity index (χ1v) is 13.9. The molecule has 1 aliphatic heterocycles. The number of piperazine rings is 1. The number of carbonyl (C=O) groups excluding carboxylic acids is 1. The third kappa shape index (κ3) is 7.31. The molecular weight excluding hydrogens is 503 g/mol. The maximum absolute atomic E-state index is 13.2. The van der Waals surface area contributed by atoms with Gasteiger partial charge in [0.15, 0.2) is 0 Å². The zero-order valence-electron chi connectivity index (χ0n) is 23.5. The maximum atomic E-state index is 13.2. The number of hydrogen-bond acceptors (Lipinski definition) is 4. The number of benzene rings is 2. The number of nitrogens with two attached hydrogens (primary N) is 1. The van der Waals surface area contributed by atoms with Gasteiger partial charge in [-0.1, -0.05) is 32.9 Å². The fourth-order valence-electron chi connectivity index (χ4n) is 5.65. The van der Waals surface area contributed by atoms with Crippen LogP contribution in [0.15, 0.2) is 42.5 Å². The van der Waals surface area contributed by atoms with Gasteiger partial charge in [0.05, 0.1) is 5.56 Å². The van der Waals surface area contributed by atoms with E-state index in [2.05, 4.69) is 55.3 Å². The lowest BCUT2D eigenvalue weighted by molar-refractivity contribution is -0.136. The molecule has 0 radical (unpaired) electrons. The summed E-state index contributed by atoms with van der Waals surface area (Å²) in [6.45, 7) is 10.3. The summed E-state index contributed by atoms with van der Waals surface area (Å²) in [5.74, 6) is 0.386. The maximum Gasteiger partial charge on any atom is 0.418 e. The molecule has 2 aliphatic rings. The van der Waals surface area contributed by atoms with E-state index in [1.807, 2.05) is 16.8 Å². The minimum atomic E-state index is -4.47. The van der Waals surface area contributed by atoms with Crippen LogP contribution < -0.4 is 16.0 Å². The molecule has 39 heavy (non-hydrogen) atoms. The van der Waals surface area contributed by atoms with Crippen molar-refractivity contribution in [3.8, 4) is 0 Å². The molecule has 2 amide bonds. The predicted molar refractivity (Wildman–Crippen MR) is 152 cm³/mol. The van der Waals surface area contributed by atoms with Gasteiger partial charge in [-0.05, 0) is 72.9 Å². The molecule has 0 bridgehead atoms. The summed E-state index contributed by atoms with van der Waals surface area (Å²) < 4.78 is 39.5. The van der Waals surface area contributed by atoms with E-state index >= 15 is 0 Å². The van der Waals surface area contributed by atoms with Gasteiger partial charge in [0.2, 0.25) is 0 Å². The number of urea groups is 1. The van der Waals surface area contributed by atoms with Crippen molar-refractivity contribution in [3.63, 3.8) is 0 Å². The summed E-state index contributed by atoms with van der Waals surface area (Å²) in [7, 11) is 1.87.